The number of halogens is 1. The molecule has 214 valence electrons. The molecule has 1 amide bonds. The number of hydrogen-bond acceptors (Lipinski definition) is 7. The normalized spacial score (nSPS) is 12.9. The lowest BCUT2D eigenvalue weighted by Crippen LogP contribution is -2.37. The Bertz CT molecular complexity index is 1890. The van der Waals surface area contributed by atoms with Crippen LogP contribution in [0.2, 0.25) is 0 Å². The summed E-state index contributed by atoms with van der Waals surface area (Å²) >= 11 is 1.54. The standard InChI is InChI=1S/C31H28FN5O4S/c1-4-26(38)36-10-11-37-21(18-36)16-24(34-37)30-28(22-7-6-20(32)15-25(22)41-13-12-40-3)31-23(9-14-42-31)29(33-30)19-5-8-27(39)35(2)17-19/h4-9,14-17H,1,10-13,18H2,2-3H3. The molecule has 4 aromatic heterocycles. The highest BCUT2D eigenvalue weighted by Crippen LogP contribution is 2.46. The Morgan fingerprint density at radius 3 is 2.79 bits per heavy atom. The predicted octanol–water partition coefficient (Wildman–Crippen LogP) is 4.89. The van der Waals surface area contributed by atoms with Crippen LogP contribution in [-0.4, -0.2) is 57.0 Å². The van der Waals surface area contributed by atoms with Crippen molar-refractivity contribution in [2.75, 3.05) is 26.9 Å². The number of carbonyl (C=O) groups excluding carboxylic acids is 1. The van der Waals surface area contributed by atoms with Gasteiger partial charge in [-0.2, -0.15) is 5.10 Å². The molecule has 0 radical (unpaired) electrons. The molecule has 0 saturated heterocycles. The van der Waals surface area contributed by atoms with E-state index in [1.165, 1.54) is 40.2 Å². The third-order valence-corrected chi connectivity index (χ3v) is 8.18. The van der Waals surface area contributed by atoms with Gasteiger partial charge in [-0.05, 0) is 41.8 Å². The number of pyridine rings is 2. The van der Waals surface area contributed by atoms with Crippen LogP contribution in [-0.2, 0) is 29.7 Å². The second-order valence-electron chi connectivity index (χ2n) is 9.90. The first-order valence-electron chi connectivity index (χ1n) is 13.4. The van der Waals surface area contributed by atoms with E-state index in [0.29, 0.717) is 54.6 Å². The average molecular weight is 586 g/mol. The molecule has 1 aliphatic rings. The fourth-order valence-corrected chi connectivity index (χ4v) is 6.13. The van der Waals surface area contributed by atoms with Gasteiger partial charge in [0.2, 0.25) is 11.5 Å². The molecule has 0 bridgehead atoms. The van der Waals surface area contributed by atoms with Crippen LogP contribution in [0.5, 0.6) is 5.75 Å². The molecule has 6 rings (SSSR count). The van der Waals surface area contributed by atoms with E-state index < -0.39 is 5.82 Å². The summed E-state index contributed by atoms with van der Waals surface area (Å²) in [5.74, 6) is -0.190. The number of amides is 1. The first-order valence-corrected chi connectivity index (χ1v) is 14.2. The molecule has 1 aliphatic heterocycles. The van der Waals surface area contributed by atoms with E-state index in [1.54, 1.807) is 37.4 Å². The number of ether oxygens (including phenoxy) is 2. The SMILES string of the molecule is C=CC(=O)N1CCn2nc(-c3nc(-c4ccc(=O)n(C)c4)c4ccsc4c3-c3ccc(F)cc3OCCOC)cc2C1. The highest BCUT2D eigenvalue weighted by molar-refractivity contribution is 7.18. The van der Waals surface area contributed by atoms with Crippen LogP contribution in [0.25, 0.3) is 43.9 Å². The van der Waals surface area contributed by atoms with Gasteiger partial charge < -0.3 is 18.9 Å². The predicted molar refractivity (Wildman–Crippen MR) is 160 cm³/mol. The van der Waals surface area contributed by atoms with Crippen molar-refractivity contribution in [2.45, 2.75) is 13.1 Å². The second-order valence-corrected chi connectivity index (χ2v) is 10.8. The van der Waals surface area contributed by atoms with Crippen LogP contribution < -0.4 is 10.3 Å². The van der Waals surface area contributed by atoms with E-state index in [2.05, 4.69) is 6.58 Å². The Labute approximate surface area is 245 Å². The molecular weight excluding hydrogens is 557 g/mol. The van der Waals surface area contributed by atoms with E-state index in [1.807, 2.05) is 22.2 Å². The molecule has 9 nitrogen and oxygen atoms in total. The molecule has 0 unspecified atom stereocenters. The van der Waals surface area contributed by atoms with Gasteiger partial charge in [0.15, 0.2) is 0 Å². The van der Waals surface area contributed by atoms with Crippen molar-refractivity contribution < 1.29 is 18.7 Å². The number of aryl methyl sites for hydroxylation is 1. The van der Waals surface area contributed by atoms with Crippen molar-refractivity contribution in [2.24, 2.45) is 7.05 Å². The number of thiophene rings is 1. The number of hydrogen-bond donors (Lipinski definition) is 0. The summed E-state index contributed by atoms with van der Waals surface area (Å²) in [7, 11) is 3.28. The summed E-state index contributed by atoms with van der Waals surface area (Å²) in [6, 6.07) is 11.7. The van der Waals surface area contributed by atoms with Crippen LogP contribution in [0, 0.1) is 5.82 Å². The largest absolute Gasteiger partial charge is 0.490 e. The van der Waals surface area contributed by atoms with Crippen molar-refractivity contribution >= 4 is 27.3 Å². The van der Waals surface area contributed by atoms with Gasteiger partial charge in [0.05, 0.1) is 31.1 Å². The third kappa shape index (κ3) is 5.01. The van der Waals surface area contributed by atoms with Crippen molar-refractivity contribution in [1.29, 1.82) is 0 Å². The Balaban J connectivity index is 1.60. The minimum absolute atomic E-state index is 0.123. The highest BCUT2D eigenvalue weighted by atomic mass is 32.1. The minimum Gasteiger partial charge on any atom is -0.490 e. The van der Waals surface area contributed by atoms with Crippen molar-refractivity contribution in [3.05, 3.63) is 88.6 Å². The summed E-state index contributed by atoms with van der Waals surface area (Å²) in [6.45, 7) is 5.64. The molecule has 0 spiro atoms. The Kier molecular flexibility index (Phi) is 7.44. The first-order chi connectivity index (χ1) is 20.4. The highest BCUT2D eigenvalue weighted by Gasteiger charge is 2.26. The zero-order chi connectivity index (χ0) is 29.4. The van der Waals surface area contributed by atoms with E-state index in [-0.39, 0.29) is 18.1 Å². The molecule has 5 heterocycles. The summed E-state index contributed by atoms with van der Waals surface area (Å²) in [4.78, 5) is 31.4. The topological polar surface area (TPSA) is 91.5 Å². The maximum atomic E-state index is 14.5. The average Bonchev–Trinajstić information content (AvgIpc) is 3.65. The number of methoxy groups -OCH3 is 1. The van der Waals surface area contributed by atoms with Crippen LogP contribution >= 0.6 is 11.3 Å². The van der Waals surface area contributed by atoms with Gasteiger partial charge in [-0.1, -0.05) is 6.58 Å². The van der Waals surface area contributed by atoms with Gasteiger partial charge in [0.25, 0.3) is 0 Å². The fraction of sp³-hybridized carbons (Fsp3) is 0.226. The quantitative estimate of drug-likeness (QED) is 0.190. The molecule has 0 aliphatic carbocycles. The van der Waals surface area contributed by atoms with Gasteiger partial charge in [-0.25, -0.2) is 9.37 Å². The third-order valence-electron chi connectivity index (χ3n) is 7.25. The maximum Gasteiger partial charge on any atom is 0.250 e. The van der Waals surface area contributed by atoms with E-state index in [9.17, 15) is 14.0 Å². The van der Waals surface area contributed by atoms with Gasteiger partial charge in [-0.15, -0.1) is 11.3 Å². The zero-order valence-corrected chi connectivity index (χ0v) is 24.0. The molecule has 1 aromatic carbocycles. The molecule has 11 heteroatoms. The fourth-order valence-electron chi connectivity index (χ4n) is 5.17. The van der Waals surface area contributed by atoms with Crippen molar-refractivity contribution in [3.8, 4) is 39.5 Å². The lowest BCUT2D eigenvalue weighted by molar-refractivity contribution is -0.127. The second kappa shape index (κ2) is 11.3. The van der Waals surface area contributed by atoms with Crippen molar-refractivity contribution in [1.82, 2.24) is 24.2 Å². The monoisotopic (exact) mass is 585 g/mol. The van der Waals surface area contributed by atoms with E-state index >= 15 is 0 Å². The lowest BCUT2D eigenvalue weighted by atomic mass is 9.97. The number of benzene rings is 1. The lowest BCUT2D eigenvalue weighted by Gasteiger charge is -2.26. The number of carbonyl (C=O) groups is 1. The van der Waals surface area contributed by atoms with Gasteiger partial charge in [0.1, 0.15) is 29.6 Å². The Hall–Kier alpha value is -4.61. The smallest absolute Gasteiger partial charge is 0.250 e. The molecule has 0 fully saturated rings. The number of fused-ring (bicyclic) bond motifs is 2. The van der Waals surface area contributed by atoms with Crippen molar-refractivity contribution in [3.63, 3.8) is 0 Å². The number of aromatic nitrogens is 4. The van der Waals surface area contributed by atoms with Crippen LogP contribution in [0.1, 0.15) is 5.69 Å². The van der Waals surface area contributed by atoms with Gasteiger partial charge in [0, 0.05) is 65.8 Å². The maximum absolute atomic E-state index is 14.5. The van der Waals surface area contributed by atoms with Crippen LogP contribution in [0.15, 0.2) is 71.5 Å². The Morgan fingerprint density at radius 1 is 1.14 bits per heavy atom. The molecule has 0 N–H and O–H groups in total. The van der Waals surface area contributed by atoms with E-state index in [0.717, 1.165) is 26.9 Å². The summed E-state index contributed by atoms with van der Waals surface area (Å²) in [6.07, 6.45) is 3.08. The van der Waals surface area contributed by atoms with Crippen LogP contribution in [0.4, 0.5) is 4.39 Å². The number of nitrogens with zero attached hydrogens (tertiary/aromatic N) is 5. The molecule has 0 atom stereocenters. The summed E-state index contributed by atoms with van der Waals surface area (Å²) < 4.78 is 30.0. The summed E-state index contributed by atoms with van der Waals surface area (Å²) in [5, 5.41) is 7.78. The molecule has 0 saturated carbocycles. The van der Waals surface area contributed by atoms with E-state index in [4.69, 9.17) is 19.6 Å². The molecule has 42 heavy (non-hydrogen) atoms. The first kappa shape index (κ1) is 27.6. The minimum atomic E-state index is -0.422. The van der Waals surface area contributed by atoms with Gasteiger partial charge in [-0.3, -0.25) is 14.3 Å². The zero-order valence-electron chi connectivity index (χ0n) is 23.2. The Morgan fingerprint density at radius 2 is 2.00 bits per heavy atom. The van der Waals surface area contributed by atoms with Gasteiger partial charge >= 0.3 is 0 Å². The van der Waals surface area contributed by atoms with Crippen LogP contribution in [0.3, 0.4) is 0 Å². The number of rotatable bonds is 8. The molecule has 5 aromatic rings. The summed E-state index contributed by atoms with van der Waals surface area (Å²) in [5.41, 5.74) is 4.84. The molecular formula is C31H28FN5O4S.